The van der Waals surface area contributed by atoms with Gasteiger partial charge in [-0.2, -0.15) is 0 Å². The Morgan fingerprint density at radius 1 is 1.60 bits per heavy atom. The van der Waals surface area contributed by atoms with E-state index >= 15 is 0 Å². The van der Waals surface area contributed by atoms with Crippen molar-refractivity contribution in [1.29, 1.82) is 0 Å². The van der Waals surface area contributed by atoms with Gasteiger partial charge in [-0.25, -0.2) is 4.98 Å². The molecule has 1 aliphatic carbocycles. The van der Waals surface area contributed by atoms with Gasteiger partial charge in [0.2, 0.25) is 0 Å². The number of aromatic nitrogens is 2. The van der Waals surface area contributed by atoms with Gasteiger partial charge in [0.1, 0.15) is 0 Å². The molecule has 0 spiro atoms. The predicted octanol–water partition coefficient (Wildman–Crippen LogP) is 1.55. The highest BCUT2D eigenvalue weighted by molar-refractivity contribution is 5.35. The number of allylic oxidation sites excluding steroid dienone is 3. The molecule has 1 aromatic heterocycles. The van der Waals surface area contributed by atoms with Crippen molar-refractivity contribution < 1.29 is 0 Å². The van der Waals surface area contributed by atoms with Crippen LogP contribution in [0.3, 0.4) is 0 Å². The number of rotatable bonds is 1. The van der Waals surface area contributed by atoms with Crippen molar-refractivity contribution in [2.24, 2.45) is 0 Å². The Morgan fingerprint density at radius 3 is 2.90 bits per heavy atom. The van der Waals surface area contributed by atoms with Gasteiger partial charge in [-0.3, -0.25) is 0 Å². The van der Waals surface area contributed by atoms with Gasteiger partial charge >= 0.3 is 0 Å². The maximum atomic E-state index is 3.95. The lowest BCUT2D eigenvalue weighted by Crippen LogP contribution is -2.11. The molecule has 0 fully saturated rings. The smallest absolute Gasteiger partial charge is 0.0954 e. The van der Waals surface area contributed by atoms with E-state index in [1.54, 1.807) is 12.5 Å². The molecule has 2 nitrogen and oxygen atoms in total. The molecule has 10 heavy (non-hydrogen) atoms. The summed E-state index contributed by atoms with van der Waals surface area (Å²) in [6.07, 6.45) is 9.65. The quantitative estimate of drug-likeness (QED) is 0.567. The van der Waals surface area contributed by atoms with Crippen molar-refractivity contribution in [3.63, 3.8) is 0 Å². The zero-order valence-corrected chi connectivity index (χ0v) is 5.57. The molecule has 0 N–H and O–H groups in total. The predicted molar refractivity (Wildman–Crippen MR) is 39.5 cm³/mol. The Labute approximate surface area is 59.5 Å². The van der Waals surface area contributed by atoms with Gasteiger partial charge in [0, 0.05) is 12.4 Å². The second-order valence-electron chi connectivity index (χ2n) is 2.39. The van der Waals surface area contributed by atoms with E-state index in [1.807, 2.05) is 16.8 Å². The van der Waals surface area contributed by atoms with Crippen LogP contribution in [-0.4, -0.2) is 9.55 Å². The summed E-state index contributed by atoms with van der Waals surface area (Å²) < 4.78 is 2.03. The van der Waals surface area contributed by atoms with E-state index in [-0.39, 0.29) is 0 Å². The molecule has 0 radical (unpaired) electrons. The Morgan fingerprint density at radius 2 is 2.50 bits per heavy atom. The normalized spacial score (nSPS) is 22.8. The second-order valence-corrected chi connectivity index (χ2v) is 2.39. The summed E-state index contributed by atoms with van der Waals surface area (Å²) >= 11 is 0. The average Bonchev–Trinajstić information content (AvgIpc) is 2.37. The first-order valence-electron chi connectivity index (χ1n) is 3.22. The minimum atomic E-state index is 0.363. The highest BCUT2D eigenvalue weighted by Crippen LogP contribution is 2.26. The van der Waals surface area contributed by atoms with Gasteiger partial charge in [0.15, 0.2) is 0 Å². The van der Waals surface area contributed by atoms with Crippen LogP contribution in [0.5, 0.6) is 0 Å². The summed E-state index contributed by atoms with van der Waals surface area (Å²) in [4.78, 5) is 3.95. The van der Waals surface area contributed by atoms with Gasteiger partial charge in [0.25, 0.3) is 0 Å². The molecule has 0 saturated heterocycles. The van der Waals surface area contributed by atoms with E-state index in [2.05, 4.69) is 17.6 Å². The fourth-order valence-corrected chi connectivity index (χ4v) is 1.04. The Bertz CT molecular complexity index is 269. The summed E-state index contributed by atoms with van der Waals surface area (Å²) in [5.74, 6) is 0. The van der Waals surface area contributed by atoms with Crippen molar-refractivity contribution in [3.8, 4) is 0 Å². The van der Waals surface area contributed by atoms with Crippen LogP contribution in [0.15, 0.2) is 43.0 Å². The van der Waals surface area contributed by atoms with E-state index in [9.17, 15) is 0 Å². The van der Waals surface area contributed by atoms with Crippen LogP contribution in [-0.2, 0) is 0 Å². The molecule has 0 aromatic carbocycles. The molecule has 1 aliphatic rings. The van der Waals surface area contributed by atoms with Gasteiger partial charge in [-0.15, -0.1) is 0 Å². The van der Waals surface area contributed by atoms with E-state index in [0.29, 0.717) is 6.04 Å². The van der Waals surface area contributed by atoms with Crippen LogP contribution >= 0.6 is 0 Å². The van der Waals surface area contributed by atoms with Crippen LogP contribution in [0.4, 0.5) is 0 Å². The van der Waals surface area contributed by atoms with E-state index in [0.717, 1.165) is 5.57 Å². The van der Waals surface area contributed by atoms with Crippen molar-refractivity contribution in [2.45, 2.75) is 6.04 Å². The Kier molecular flexibility index (Phi) is 1.01. The summed E-state index contributed by atoms with van der Waals surface area (Å²) in [5.41, 5.74) is 1.15. The zero-order valence-electron chi connectivity index (χ0n) is 5.57. The van der Waals surface area contributed by atoms with Gasteiger partial charge < -0.3 is 4.57 Å². The van der Waals surface area contributed by atoms with E-state index in [1.165, 1.54) is 0 Å². The molecule has 0 bridgehead atoms. The minimum absolute atomic E-state index is 0.363. The molecule has 1 atom stereocenters. The number of hydrogen-bond donors (Lipinski definition) is 0. The monoisotopic (exact) mass is 132 g/mol. The standard InChI is InChI=1S/C8H8N2/c1-7-2-3-8(7)10-5-4-9-6-10/h2-6,8H,1H2. The molecule has 50 valence electrons. The lowest BCUT2D eigenvalue weighted by Gasteiger charge is -2.21. The van der Waals surface area contributed by atoms with Crippen LogP contribution in [0.1, 0.15) is 6.04 Å². The van der Waals surface area contributed by atoms with Crippen molar-refractivity contribution >= 4 is 0 Å². The molecule has 0 amide bonds. The van der Waals surface area contributed by atoms with Crippen LogP contribution in [0.2, 0.25) is 0 Å². The zero-order chi connectivity index (χ0) is 6.97. The first-order valence-corrected chi connectivity index (χ1v) is 3.22. The lowest BCUT2D eigenvalue weighted by atomic mass is 9.98. The fourth-order valence-electron chi connectivity index (χ4n) is 1.04. The first kappa shape index (κ1) is 5.47. The number of nitrogens with zero attached hydrogens (tertiary/aromatic N) is 2. The van der Waals surface area contributed by atoms with E-state index < -0.39 is 0 Å². The molecule has 1 aromatic rings. The van der Waals surface area contributed by atoms with Gasteiger partial charge in [-0.1, -0.05) is 18.7 Å². The van der Waals surface area contributed by atoms with E-state index in [4.69, 9.17) is 0 Å². The van der Waals surface area contributed by atoms with Crippen LogP contribution in [0, 0.1) is 0 Å². The maximum absolute atomic E-state index is 3.95. The lowest BCUT2D eigenvalue weighted by molar-refractivity contribution is 0.670. The topological polar surface area (TPSA) is 17.8 Å². The molecule has 0 aliphatic heterocycles. The fraction of sp³-hybridized carbons (Fsp3) is 0.125. The third-order valence-corrected chi connectivity index (χ3v) is 1.72. The Hall–Kier alpha value is -1.31. The SMILES string of the molecule is C=C1C=CC1n1ccnc1. The highest BCUT2D eigenvalue weighted by atomic mass is 15.1. The van der Waals surface area contributed by atoms with Gasteiger partial charge in [0.05, 0.1) is 12.4 Å². The molecular formula is C8H8N2. The molecule has 2 heteroatoms. The van der Waals surface area contributed by atoms with Crippen LogP contribution in [0.25, 0.3) is 0 Å². The molecular weight excluding hydrogens is 124 g/mol. The van der Waals surface area contributed by atoms with Crippen molar-refractivity contribution in [2.75, 3.05) is 0 Å². The van der Waals surface area contributed by atoms with Crippen molar-refractivity contribution in [1.82, 2.24) is 9.55 Å². The highest BCUT2D eigenvalue weighted by Gasteiger charge is 2.14. The molecule has 1 heterocycles. The summed E-state index contributed by atoms with van der Waals surface area (Å²) in [7, 11) is 0. The average molecular weight is 132 g/mol. The first-order chi connectivity index (χ1) is 4.88. The number of imidazole rings is 1. The molecule has 1 unspecified atom stereocenters. The minimum Gasteiger partial charge on any atom is -0.326 e. The number of hydrogen-bond acceptors (Lipinski definition) is 1. The summed E-state index contributed by atoms with van der Waals surface area (Å²) in [5, 5.41) is 0. The van der Waals surface area contributed by atoms with Crippen molar-refractivity contribution in [3.05, 3.63) is 43.0 Å². The summed E-state index contributed by atoms with van der Waals surface area (Å²) in [6.45, 7) is 3.86. The third kappa shape index (κ3) is 0.620. The largest absolute Gasteiger partial charge is 0.326 e. The second kappa shape index (κ2) is 1.84. The summed E-state index contributed by atoms with van der Waals surface area (Å²) in [6, 6.07) is 0.363. The Balaban J connectivity index is 2.31. The van der Waals surface area contributed by atoms with Crippen LogP contribution < -0.4 is 0 Å². The maximum Gasteiger partial charge on any atom is 0.0954 e. The molecule has 0 saturated carbocycles. The third-order valence-electron chi connectivity index (χ3n) is 1.72. The molecule has 2 rings (SSSR count). The van der Waals surface area contributed by atoms with Gasteiger partial charge in [-0.05, 0) is 5.57 Å².